The molecule has 0 atom stereocenters. The molecule has 3 nitrogen and oxygen atoms in total. The van der Waals surface area contributed by atoms with Crippen molar-refractivity contribution in [3.63, 3.8) is 0 Å². The highest BCUT2D eigenvalue weighted by Crippen LogP contribution is 2.32. The number of rotatable bonds is 5. The van der Waals surface area contributed by atoms with Crippen LogP contribution in [-0.4, -0.2) is 12.1 Å². The first-order valence-corrected chi connectivity index (χ1v) is 6.82. The molecule has 0 unspecified atom stereocenters. The standard InChI is InChI=1S/C15H14ClF3N2O/c1-22-9-11-5-3-2-4-10(11)7-20-14-13(16)6-12(8-21-14)15(17,18)19/h2-6,8H,7,9H2,1H3,(H,20,21). The maximum Gasteiger partial charge on any atom is 0.417 e. The Morgan fingerprint density at radius 3 is 2.50 bits per heavy atom. The molecule has 0 spiro atoms. The van der Waals surface area contributed by atoms with Crippen molar-refractivity contribution in [1.82, 2.24) is 4.98 Å². The van der Waals surface area contributed by atoms with Gasteiger partial charge in [0.05, 0.1) is 17.2 Å². The molecule has 22 heavy (non-hydrogen) atoms. The molecule has 0 bridgehead atoms. The molecule has 1 heterocycles. The molecule has 7 heteroatoms. The fourth-order valence-corrected chi connectivity index (χ4v) is 2.16. The summed E-state index contributed by atoms with van der Waals surface area (Å²) < 4.78 is 42.8. The van der Waals surface area contributed by atoms with E-state index in [1.54, 1.807) is 7.11 Å². The van der Waals surface area contributed by atoms with Crippen molar-refractivity contribution in [2.45, 2.75) is 19.3 Å². The van der Waals surface area contributed by atoms with E-state index < -0.39 is 11.7 Å². The zero-order chi connectivity index (χ0) is 16.2. The summed E-state index contributed by atoms with van der Waals surface area (Å²) in [4.78, 5) is 3.74. The summed E-state index contributed by atoms with van der Waals surface area (Å²) in [6.07, 6.45) is -3.70. The van der Waals surface area contributed by atoms with Crippen molar-refractivity contribution in [2.24, 2.45) is 0 Å². The fourth-order valence-electron chi connectivity index (χ4n) is 1.93. The summed E-state index contributed by atoms with van der Waals surface area (Å²) in [7, 11) is 1.60. The van der Waals surface area contributed by atoms with Gasteiger partial charge in [0.2, 0.25) is 0 Å². The van der Waals surface area contributed by atoms with Crippen molar-refractivity contribution in [2.75, 3.05) is 12.4 Å². The summed E-state index contributed by atoms with van der Waals surface area (Å²) in [6.45, 7) is 0.837. The molecule has 0 aliphatic heterocycles. The first-order chi connectivity index (χ1) is 10.4. The van der Waals surface area contributed by atoms with Gasteiger partial charge in [0.25, 0.3) is 0 Å². The van der Waals surface area contributed by atoms with Gasteiger partial charge in [0, 0.05) is 19.9 Å². The van der Waals surface area contributed by atoms with Crippen LogP contribution >= 0.6 is 11.6 Å². The van der Waals surface area contributed by atoms with Crippen LogP contribution in [0.4, 0.5) is 19.0 Å². The van der Waals surface area contributed by atoms with E-state index in [4.69, 9.17) is 16.3 Å². The average molecular weight is 331 g/mol. The van der Waals surface area contributed by atoms with Gasteiger partial charge in [-0.2, -0.15) is 13.2 Å². The van der Waals surface area contributed by atoms with Gasteiger partial charge >= 0.3 is 6.18 Å². The summed E-state index contributed by atoms with van der Waals surface area (Å²) >= 11 is 5.85. The normalized spacial score (nSPS) is 11.5. The van der Waals surface area contributed by atoms with E-state index >= 15 is 0 Å². The number of benzene rings is 1. The molecular weight excluding hydrogens is 317 g/mol. The third kappa shape index (κ3) is 4.11. The summed E-state index contributed by atoms with van der Waals surface area (Å²) in [5, 5.41) is 2.87. The second-order valence-corrected chi connectivity index (χ2v) is 5.01. The van der Waals surface area contributed by atoms with Crippen LogP contribution in [-0.2, 0) is 24.1 Å². The molecule has 2 rings (SSSR count). The van der Waals surface area contributed by atoms with Crippen LogP contribution in [0.25, 0.3) is 0 Å². The van der Waals surface area contributed by atoms with E-state index in [1.165, 1.54) is 0 Å². The minimum atomic E-state index is -4.46. The summed E-state index contributed by atoms with van der Waals surface area (Å²) in [5.41, 5.74) is 1.07. The van der Waals surface area contributed by atoms with Crippen LogP contribution in [0.5, 0.6) is 0 Å². The molecular formula is C15H14ClF3N2O. The van der Waals surface area contributed by atoms with E-state index in [0.29, 0.717) is 13.2 Å². The number of methoxy groups -OCH3 is 1. The largest absolute Gasteiger partial charge is 0.417 e. The minimum Gasteiger partial charge on any atom is -0.380 e. The van der Waals surface area contributed by atoms with Crippen LogP contribution in [0.1, 0.15) is 16.7 Å². The lowest BCUT2D eigenvalue weighted by atomic mass is 10.1. The molecule has 118 valence electrons. The zero-order valence-electron chi connectivity index (χ0n) is 11.7. The highest BCUT2D eigenvalue weighted by atomic mass is 35.5. The second-order valence-electron chi connectivity index (χ2n) is 4.61. The number of aromatic nitrogens is 1. The Kier molecular flexibility index (Phi) is 5.26. The molecule has 0 amide bonds. The second kappa shape index (κ2) is 6.98. The maximum absolute atomic E-state index is 12.6. The van der Waals surface area contributed by atoms with Gasteiger partial charge in [0.15, 0.2) is 0 Å². The van der Waals surface area contributed by atoms with Crippen molar-refractivity contribution in [3.8, 4) is 0 Å². The Balaban J connectivity index is 2.12. The number of anilines is 1. The topological polar surface area (TPSA) is 34.1 Å². The van der Waals surface area contributed by atoms with Crippen molar-refractivity contribution >= 4 is 17.4 Å². The quantitative estimate of drug-likeness (QED) is 0.875. The van der Waals surface area contributed by atoms with Crippen molar-refractivity contribution in [1.29, 1.82) is 0 Å². The Labute approximate surface area is 131 Å². The first-order valence-electron chi connectivity index (χ1n) is 6.44. The fraction of sp³-hybridized carbons (Fsp3) is 0.267. The van der Waals surface area contributed by atoms with Crippen LogP contribution in [0.15, 0.2) is 36.5 Å². The number of ether oxygens (including phenoxy) is 1. The van der Waals surface area contributed by atoms with E-state index in [0.717, 1.165) is 23.4 Å². The molecule has 1 N–H and O–H groups in total. The average Bonchev–Trinajstić information content (AvgIpc) is 2.46. The van der Waals surface area contributed by atoms with Crippen LogP contribution in [0, 0.1) is 0 Å². The monoisotopic (exact) mass is 330 g/mol. The highest BCUT2D eigenvalue weighted by Gasteiger charge is 2.31. The van der Waals surface area contributed by atoms with Crippen LogP contribution in [0.3, 0.4) is 0 Å². The molecule has 1 aromatic carbocycles. The number of hydrogen-bond acceptors (Lipinski definition) is 3. The van der Waals surface area contributed by atoms with Gasteiger partial charge < -0.3 is 10.1 Å². The van der Waals surface area contributed by atoms with E-state index in [-0.39, 0.29) is 10.8 Å². The zero-order valence-corrected chi connectivity index (χ0v) is 12.5. The molecule has 2 aromatic rings. The molecule has 0 aliphatic carbocycles. The maximum atomic E-state index is 12.6. The number of alkyl halides is 3. The van der Waals surface area contributed by atoms with Gasteiger partial charge in [0.1, 0.15) is 5.82 Å². The Bertz CT molecular complexity index is 647. The minimum absolute atomic E-state index is 0.0703. The molecule has 0 saturated heterocycles. The smallest absolute Gasteiger partial charge is 0.380 e. The number of nitrogens with one attached hydrogen (secondary N) is 1. The predicted octanol–water partition coefficient (Wildman–Crippen LogP) is 4.51. The van der Waals surface area contributed by atoms with Gasteiger partial charge in [-0.25, -0.2) is 4.98 Å². The van der Waals surface area contributed by atoms with Gasteiger partial charge in [-0.15, -0.1) is 0 Å². The lowest BCUT2D eigenvalue weighted by molar-refractivity contribution is -0.137. The van der Waals surface area contributed by atoms with Crippen molar-refractivity contribution in [3.05, 3.63) is 58.2 Å². The van der Waals surface area contributed by atoms with E-state index in [9.17, 15) is 13.2 Å². The third-order valence-electron chi connectivity index (χ3n) is 3.03. The molecule has 0 fully saturated rings. The van der Waals surface area contributed by atoms with Crippen LogP contribution < -0.4 is 5.32 Å². The lowest BCUT2D eigenvalue weighted by Gasteiger charge is -2.13. The van der Waals surface area contributed by atoms with Gasteiger partial charge in [-0.1, -0.05) is 35.9 Å². The summed E-state index contributed by atoms with van der Waals surface area (Å²) in [6, 6.07) is 8.44. The molecule has 0 radical (unpaired) electrons. The summed E-state index contributed by atoms with van der Waals surface area (Å²) in [5.74, 6) is 0.210. The number of nitrogens with zero attached hydrogens (tertiary/aromatic N) is 1. The molecule has 0 saturated carbocycles. The van der Waals surface area contributed by atoms with E-state index in [1.807, 2.05) is 24.3 Å². The van der Waals surface area contributed by atoms with Crippen LogP contribution in [0.2, 0.25) is 5.02 Å². The van der Waals surface area contributed by atoms with Gasteiger partial charge in [-0.05, 0) is 17.2 Å². The number of hydrogen-bond donors (Lipinski definition) is 1. The first kappa shape index (κ1) is 16.6. The lowest BCUT2D eigenvalue weighted by Crippen LogP contribution is -2.09. The highest BCUT2D eigenvalue weighted by molar-refractivity contribution is 6.32. The number of halogens is 4. The predicted molar refractivity (Wildman–Crippen MR) is 78.7 cm³/mol. The number of pyridine rings is 1. The SMILES string of the molecule is COCc1ccccc1CNc1ncc(C(F)(F)F)cc1Cl. The Morgan fingerprint density at radius 2 is 1.91 bits per heavy atom. The van der Waals surface area contributed by atoms with Crippen molar-refractivity contribution < 1.29 is 17.9 Å². The Morgan fingerprint density at radius 1 is 1.23 bits per heavy atom. The molecule has 0 aliphatic rings. The van der Waals surface area contributed by atoms with Gasteiger partial charge in [-0.3, -0.25) is 0 Å². The Hall–Kier alpha value is -1.79. The molecule has 1 aromatic heterocycles. The third-order valence-corrected chi connectivity index (χ3v) is 3.32. The van der Waals surface area contributed by atoms with E-state index in [2.05, 4.69) is 10.3 Å².